The van der Waals surface area contributed by atoms with Crippen molar-refractivity contribution in [3.63, 3.8) is 0 Å². The molecule has 0 unspecified atom stereocenters. The largest absolute Gasteiger partial charge is 0.483 e. The smallest absolute Gasteiger partial charge is 0.260 e. The van der Waals surface area contributed by atoms with Crippen LogP contribution in [0.2, 0.25) is 0 Å². The summed E-state index contributed by atoms with van der Waals surface area (Å²) in [5, 5.41) is 0. The van der Waals surface area contributed by atoms with Crippen molar-refractivity contribution in [2.75, 3.05) is 52.7 Å². The molecule has 3 heterocycles. The van der Waals surface area contributed by atoms with Crippen LogP contribution in [0.4, 0.5) is 0 Å². The van der Waals surface area contributed by atoms with E-state index in [0.29, 0.717) is 24.4 Å². The first-order valence-electron chi connectivity index (χ1n) is 12.6. The molecule has 5 rings (SSSR count). The fourth-order valence-corrected chi connectivity index (χ4v) is 4.90. The predicted molar refractivity (Wildman–Crippen MR) is 131 cm³/mol. The van der Waals surface area contributed by atoms with Crippen LogP contribution in [-0.2, 0) is 11.3 Å². The van der Waals surface area contributed by atoms with E-state index in [4.69, 9.17) is 14.2 Å². The van der Waals surface area contributed by atoms with E-state index < -0.39 is 0 Å². The van der Waals surface area contributed by atoms with Crippen molar-refractivity contribution < 1.29 is 23.8 Å². The maximum Gasteiger partial charge on any atom is 0.260 e. The summed E-state index contributed by atoms with van der Waals surface area (Å²) in [6.45, 7) is 5.49. The Morgan fingerprint density at radius 2 is 1.54 bits per heavy atom. The van der Waals surface area contributed by atoms with Gasteiger partial charge in [-0.1, -0.05) is 31.0 Å². The molecule has 0 saturated carbocycles. The Morgan fingerprint density at radius 3 is 2.34 bits per heavy atom. The number of hydrogen-bond acceptors (Lipinski definition) is 6. The zero-order valence-corrected chi connectivity index (χ0v) is 20.1. The zero-order valence-electron chi connectivity index (χ0n) is 20.1. The van der Waals surface area contributed by atoms with Gasteiger partial charge in [0.2, 0.25) is 6.79 Å². The highest BCUT2D eigenvalue weighted by molar-refractivity contribution is 5.97. The molecule has 8 nitrogen and oxygen atoms in total. The van der Waals surface area contributed by atoms with E-state index in [1.54, 1.807) is 12.1 Å². The molecule has 35 heavy (non-hydrogen) atoms. The van der Waals surface area contributed by atoms with Gasteiger partial charge in [0.05, 0.1) is 5.56 Å². The SMILES string of the molecule is O=C(COc1ccccc1C(=O)N1CCN(Cc2ccc3c(c2)OCO3)CC1)N1CCCCCC1. The number of amides is 2. The number of para-hydroxylation sites is 1. The summed E-state index contributed by atoms with van der Waals surface area (Å²) in [6, 6.07) is 13.3. The summed E-state index contributed by atoms with van der Waals surface area (Å²) in [5.74, 6) is 2.00. The molecule has 186 valence electrons. The second kappa shape index (κ2) is 11.0. The summed E-state index contributed by atoms with van der Waals surface area (Å²) in [6.07, 6.45) is 4.43. The Morgan fingerprint density at radius 1 is 0.800 bits per heavy atom. The van der Waals surface area contributed by atoms with Gasteiger partial charge in [0.25, 0.3) is 11.8 Å². The molecule has 2 saturated heterocycles. The summed E-state index contributed by atoms with van der Waals surface area (Å²) < 4.78 is 16.7. The molecular weight excluding hydrogens is 446 g/mol. The van der Waals surface area contributed by atoms with Gasteiger partial charge in [-0.2, -0.15) is 0 Å². The first kappa shape index (κ1) is 23.5. The van der Waals surface area contributed by atoms with Crippen molar-refractivity contribution >= 4 is 11.8 Å². The molecular formula is C27H33N3O5. The molecule has 2 amide bonds. The van der Waals surface area contributed by atoms with Gasteiger partial charge in [0, 0.05) is 45.8 Å². The molecule has 3 aliphatic rings. The highest BCUT2D eigenvalue weighted by atomic mass is 16.7. The van der Waals surface area contributed by atoms with E-state index in [9.17, 15) is 9.59 Å². The molecule has 2 aromatic rings. The Hall–Kier alpha value is -3.26. The molecule has 0 aliphatic carbocycles. The second-order valence-electron chi connectivity index (χ2n) is 9.34. The van der Waals surface area contributed by atoms with Gasteiger partial charge in [-0.3, -0.25) is 14.5 Å². The van der Waals surface area contributed by atoms with Crippen LogP contribution in [0.15, 0.2) is 42.5 Å². The first-order valence-corrected chi connectivity index (χ1v) is 12.6. The topological polar surface area (TPSA) is 71.6 Å². The number of rotatable bonds is 6. The lowest BCUT2D eigenvalue weighted by molar-refractivity contribution is -0.133. The van der Waals surface area contributed by atoms with Gasteiger partial charge >= 0.3 is 0 Å². The zero-order chi connectivity index (χ0) is 24.0. The summed E-state index contributed by atoms with van der Waals surface area (Å²) in [7, 11) is 0. The number of hydrogen-bond donors (Lipinski definition) is 0. The lowest BCUT2D eigenvalue weighted by Crippen LogP contribution is -2.48. The number of ether oxygens (including phenoxy) is 3. The van der Waals surface area contributed by atoms with Crippen LogP contribution in [-0.4, -0.2) is 79.2 Å². The van der Waals surface area contributed by atoms with E-state index in [1.807, 2.05) is 34.1 Å². The van der Waals surface area contributed by atoms with Crippen molar-refractivity contribution in [1.29, 1.82) is 0 Å². The van der Waals surface area contributed by atoms with E-state index in [0.717, 1.165) is 57.1 Å². The molecule has 0 aromatic heterocycles. The summed E-state index contributed by atoms with van der Waals surface area (Å²) >= 11 is 0. The molecule has 0 N–H and O–H groups in total. The van der Waals surface area contributed by atoms with Crippen LogP contribution >= 0.6 is 0 Å². The van der Waals surface area contributed by atoms with Crippen molar-refractivity contribution in [1.82, 2.24) is 14.7 Å². The number of carbonyl (C=O) groups excluding carboxylic acids is 2. The van der Waals surface area contributed by atoms with Crippen LogP contribution in [0, 0.1) is 0 Å². The quantitative estimate of drug-likeness (QED) is 0.634. The molecule has 0 bridgehead atoms. The molecule has 8 heteroatoms. The van der Waals surface area contributed by atoms with Crippen LogP contribution in [0.25, 0.3) is 0 Å². The van der Waals surface area contributed by atoms with Gasteiger partial charge in [-0.15, -0.1) is 0 Å². The molecule has 3 aliphatic heterocycles. The minimum Gasteiger partial charge on any atom is -0.483 e. The Kier molecular flexibility index (Phi) is 7.37. The Labute approximate surface area is 206 Å². The molecule has 2 fully saturated rings. The van der Waals surface area contributed by atoms with Gasteiger partial charge in [-0.25, -0.2) is 0 Å². The van der Waals surface area contributed by atoms with Gasteiger partial charge in [0.15, 0.2) is 18.1 Å². The standard InChI is InChI=1S/C27H33N3O5/c31-26(29-11-5-1-2-6-12-29)19-33-23-8-4-3-7-22(23)27(32)30-15-13-28(14-16-30)18-21-9-10-24-25(17-21)35-20-34-24/h3-4,7-10,17H,1-2,5-6,11-16,18-20H2. The number of likely N-dealkylation sites (tertiary alicyclic amines) is 1. The van der Waals surface area contributed by atoms with Crippen LogP contribution in [0.3, 0.4) is 0 Å². The average Bonchev–Trinajstić information content (AvgIpc) is 3.19. The van der Waals surface area contributed by atoms with Crippen LogP contribution in [0.5, 0.6) is 17.2 Å². The van der Waals surface area contributed by atoms with Crippen molar-refractivity contribution in [2.24, 2.45) is 0 Å². The summed E-state index contributed by atoms with van der Waals surface area (Å²) in [4.78, 5) is 32.0. The van der Waals surface area contributed by atoms with E-state index in [1.165, 1.54) is 18.4 Å². The average molecular weight is 480 g/mol. The number of fused-ring (bicyclic) bond motifs is 1. The molecule has 0 radical (unpaired) electrons. The fraction of sp³-hybridized carbons (Fsp3) is 0.481. The monoisotopic (exact) mass is 479 g/mol. The third kappa shape index (κ3) is 5.70. The Bertz CT molecular complexity index is 1040. The Balaban J connectivity index is 1.15. The number of piperazine rings is 1. The molecule has 0 atom stereocenters. The first-order chi connectivity index (χ1) is 17.2. The molecule has 0 spiro atoms. The fourth-order valence-electron chi connectivity index (χ4n) is 4.90. The highest BCUT2D eigenvalue weighted by Gasteiger charge is 2.25. The van der Waals surface area contributed by atoms with E-state index in [-0.39, 0.29) is 25.2 Å². The van der Waals surface area contributed by atoms with Gasteiger partial charge in [0.1, 0.15) is 5.75 Å². The van der Waals surface area contributed by atoms with Crippen molar-refractivity contribution in [3.05, 3.63) is 53.6 Å². The van der Waals surface area contributed by atoms with Crippen LogP contribution < -0.4 is 14.2 Å². The highest BCUT2D eigenvalue weighted by Crippen LogP contribution is 2.33. The number of carbonyl (C=O) groups is 2. The lowest BCUT2D eigenvalue weighted by Gasteiger charge is -2.35. The van der Waals surface area contributed by atoms with E-state index in [2.05, 4.69) is 11.0 Å². The van der Waals surface area contributed by atoms with Crippen molar-refractivity contribution in [2.45, 2.75) is 32.2 Å². The lowest BCUT2D eigenvalue weighted by atomic mass is 10.1. The second-order valence-corrected chi connectivity index (χ2v) is 9.34. The number of nitrogens with zero attached hydrogens (tertiary/aromatic N) is 3. The normalized spacial score (nSPS) is 18.3. The minimum absolute atomic E-state index is 0.00807. The van der Waals surface area contributed by atoms with Gasteiger partial charge in [-0.05, 0) is 42.7 Å². The van der Waals surface area contributed by atoms with E-state index >= 15 is 0 Å². The third-order valence-electron chi connectivity index (χ3n) is 6.93. The predicted octanol–water partition coefficient (Wildman–Crippen LogP) is 3.15. The maximum atomic E-state index is 13.3. The maximum absolute atomic E-state index is 13.3. The molecule has 2 aromatic carbocycles. The number of benzene rings is 2. The minimum atomic E-state index is -0.0504. The van der Waals surface area contributed by atoms with Gasteiger partial charge < -0.3 is 24.0 Å². The third-order valence-corrected chi connectivity index (χ3v) is 6.93. The van der Waals surface area contributed by atoms with Crippen LogP contribution in [0.1, 0.15) is 41.6 Å². The van der Waals surface area contributed by atoms with Crippen molar-refractivity contribution in [3.8, 4) is 17.2 Å². The summed E-state index contributed by atoms with van der Waals surface area (Å²) in [5.41, 5.74) is 1.68.